The lowest BCUT2D eigenvalue weighted by Crippen LogP contribution is -2.22. The zero-order valence-electron chi connectivity index (χ0n) is 14.3. The van der Waals surface area contributed by atoms with Gasteiger partial charge in [0.2, 0.25) is 11.8 Å². The molecule has 0 aliphatic heterocycles. The van der Waals surface area contributed by atoms with Crippen LogP contribution in [0, 0.1) is 0 Å². The Morgan fingerprint density at radius 3 is 2.20 bits per heavy atom. The Balaban J connectivity index is 1.97. The number of carbonyl (C=O) groups excluding carboxylic acids is 3. The van der Waals surface area contributed by atoms with Gasteiger partial charge in [-0.15, -0.1) is 11.8 Å². The van der Waals surface area contributed by atoms with Crippen molar-refractivity contribution < 1.29 is 14.4 Å². The van der Waals surface area contributed by atoms with Gasteiger partial charge in [-0.1, -0.05) is 12.1 Å². The molecule has 0 spiro atoms. The summed E-state index contributed by atoms with van der Waals surface area (Å²) >= 11 is 1.42. The predicted octanol–water partition coefficient (Wildman–Crippen LogP) is 3.97. The number of ketones is 1. The molecule has 2 rings (SSSR count). The van der Waals surface area contributed by atoms with Crippen molar-refractivity contribution in [1.82, 2.24) is 0 Å². The van der Waals surface area contributed by atoms with E-state index in [9.17, 15) is 14.4 Å². The number of Topliss-reactive ketones (excluding diaryl/α,β-unsaturated/α-hetero) is 1. The monoisotopic (exact) mass is 356 g/mol. The molecule has 0 radical (unpaired) electrons. The summed E-state index contributed by atoms with van der Waals surface area (Å²) in [7, 11) is 0. The molecule has 2 N–H and O–H groups in total. The fourth-order valence-corrected chi connectivity index (χ4v) is 3.01. The first-order valence-corrected chi connectivity index (χ1v) is 8.69. The topological polar surface area (TPSA) is 75.3 Å². The summed E-state index contributed by atoms with van der Waals surface area (Å²) in [5.74, 6) is -0.310. The van der Waals surface area contributed by atoms with Crippen molar-refractivity contribution >= 4 is 40.7 Å². The molecule has 2 amide bonds. The van der Waals surface area contributed by atoms with E-state index in [1.54, 1.807) is 36.4 Å². The highest BCUT2D eigenvalue weighted by Gasteiger charge is 2.15. The van der Waals surface area contributed by atoms with Gasteiger partial charge in [0.05, 0.1) is 5.25 Å². The molecule has 0 saturated carbocycles. The van der Waals surface area contributed by atoms with Gasteiger partial charge in [-0.05, 0) is 50.2 Å². The zero-order valence-corrected chi connectivity index (χ0v) is 15.1. The summed E-state index contributed by atoms with van der Waals surface area (Å²) in [6.07, 6.45) is 0. The third-order valence-corrected chi connectivity index (χ3v) is 4.51. The number of hydrogen-bond acceptors (Lipinski definition) is 4. The third kappa shape index (κ3) is 5.76. The number of amides is 2. The molecule has 0 unspecified atom stereocenters. The van der Waals surface area contributed by atoms with Crippen molar-refractivity contribution in [2.45, 2.75) is 30.9 Å². The van der Waals surface area contributed by atoms with E-state index in [4.69, 9.17) is 0 Å². The molecule has 0 aliphatic rings. The summed E-state index contributed by atoms with van der Waals surface area (Å²) in [4.78, 5) is 35.7. The third-order valence-electron chi connectivity index (χ3n) is 3.39. The molecule has 1 atom stereocenters. The second-order valence-electron chi connectivity index (χ2n) is 5.59. The molecule has 2 aromatic rings. The molecule has 5 nitrogen and oxygen atoms in total. The largest absolute Gasteiger partial charge is 0.326 e. The lowest BCUT2D eigenvalue weighted by atomic mass is 10.1. The van der Waals surface area contributed by atoms with E-state index >= 15 is 0 Å². The fraction of sp³-hybridized carbons (Fsp3) is 0.211. The van der Waals surface area contributed by atoms with Gasteiger partial charge in [0.25, 0.3) is 0 Å². The van der Waals surface area contributed by atoms with Crippen LogP contribution in [0.15, 0.2) is 53.4 Å². The van der Waals surface area contributed by atoms with Crippen molar-refractivity contribution in [2.75, 3.05) is 10.6 Å². The maximum absolute atomic E-state index is 12.3. The Kier molecular flexibility index (Phi) is 6.36. The molecule has 25 heavy (non-hydrogen) atoms. The fourth-order valence-electron chi connectivity index (χ4n) is 2.14. The van der Waals surface area contributed by atoms with E-state index < -0.39 is 0 Å². The second kappa shape index (κ2) is 8.48. The maximum Gasteiger partial charge on any atom is 0.237 e. The first-order chi connectivity index (χ1) is 11.8. The van der Waals surface area contributed by atoms with Gasteiger partial charge in [0, 0.05) is 28.8 Å². The van der Waals surface area contributed by atoms with Crippen LogP contribution < -0.4 is 10.6 Å². The van der Waals surface area contributed by atoms with E-state index in [2.05, 4.69) is 10.6 Å². The van der Waals surface area contributed by atoms with E-state index in [0.29, 0.717) is 11.3 Å². The average molecular weight is 356 g/mol. The van der Waals surface area contributed by atoms with Crippen LogP contribution in [0.5, 0.6) is 0 Å². The van der Waals surface area contributed by atoms with Crippen molar-refractivity contribution in [1.29, 1.82) is 0 Å². The van der Waals surface area contributed by atoms with Crippen molar-refractivity contribution in [3.8, 4) is 0 Å². The Morgan fingerprint density at radius 1 is 0.920 bits per heavy atom. The summed E-state index contributed by atoms with van der Waals surface area (Å²) < 4.78 is 0. The van der Waals surface area contributed by atoms with E-state index in [1.165, 1.54) is 25.6 Å². The van der Waals surface area contributed by atoms with Crippen LogP contribution in [0.4, 0.5) is 11.4 Å². The number of benzene rings is 2. The van der Waals surface area contributed by atoms with Gasteiger partial charge in [0.1, 0.15) is 0 Å². The van der Waals surface area contributed by atoms with Crippen LogP contribution in [0.1, 0.15) is 31.1 Å². The highest BCUT2D eigenvalue weighted by Crippen LogP contribution is 2.25. The van der Waals surface area contributed by atoms with Gasteiger partial charge in [0.15, 0.2) is 5.78 Å². The summed E-state index contributed by atoms with van der Waals surface area (Å²) in [6.45, 7) is 4.76. The number of nitrogens with one attached hydrogen (secondary N) is 2. The van der Waals surface area contributed by atoms with Crippen molar-refractivity contribution in [2.24, 2.45) is 0 Å². The standard InChI is InChI=1S/C19H20N2O3S/c1-12(22)15-5-4-6-17(11-15)21-19(24)13(2)25-18-9-7-16(8-10-18)20-14(3)23/h4-11,13H,1-3H3,(H,20,23)(H,21,24)/t13-/m0/s1. The predicted molar refractivity (Wildman–Crippen MR) is 101 cm³/mol. The van der Waals surface area contributed by atoms with Crippen LogP contribution in [0.25, 0.3) is 0 Å². The van der Waals surface area contributed by atoms with Gasteiger partial charge >= 0.3 is 0 Å². The number of anilines is 2. The van der Waals surface area contributed by atoms with Gasteiger partial charge < -0.3 is 10.6 Å². The van der Waals surface area contributed by atoms with Crippen LogP contribution in [-0.2, 0) is 9.59 Å². The van der Waals surface area contributed by atoms with Crippen LogP contribution >= 0.6 is 11.8 Å². The maximum atomic E-state index is 12.3. The van der Waals surface area contributed by atoms with Crippen molar-refractivity contribution in [3.05, 3.63) is 54.1 Å². The second-order valence-corrected chi connectivity index (χ2v) is 7.01. The van der Waals surface area contributed by atoms with Crippen LogP contribution in [0.3, 0.4) is 0 Å². The molecular weight excluding hydrogens is 336 g/mol. The van der Waals surface area contributed by atoms with E-state index in [-0.39, 0.29) is 22.8 Å². The first kappa shape index (κ1) is 18.7. The number of hydrogen-bond donors (Lipinski definition) is 2. The first-order valence-electron chi connectivity index (χ1n) is 7.81. The Morgan fingerprint density at radius 2 is 1.60 bits per heavy atom. The number of thioether (sulfide) groups is 1. The molecule has 0 bridgehead atoms. The number of carbonyl (C=O) groups is 3. The number of rotatable bonds is 6. The molecule has 130 valence electrons. The van der Waals surface area contributed by atoms with Crippen LogP contribution in [-0.4, -0.2) is 22.8 Å². The van der Waals surface area contributed by atoms with Gasteiger partial charge in [-0.25, -0.2) is 0 Å². The summed E-state index contributed by atoms with van der Waals surface area (Å²) in [5, 5.41) is 5.21. The smallest absolute Gasteiger partial charge is 0.237 e. The molecule has 0 saturated heterocycles. The van der Waals surface area contributed by atoms with Gasteiger partial charge in [-0.3, -0.25) is 14.4 Å². The lowest BCUT2D eigenvalue weighted by molar-refractivity contribution is -0.115. The van der Waals surface area contributed by atoms with Crippen molar-refractivity contribution in [3.63, 3.8) is 0 Å². The normalized spacial score (nSPS) is 11.5. The highest BCUT2D eigenvalue weighted by atomic mass is 32.2. The van der Waals surface area contributed by atoms with E-state index in [0.717, 1.165) is 10.6 Å². The molecular formula is C19H20N2O3S. The zero-order chi connectivity index (χ0) is 18.4. The quantitative estimate of drug-likeness (QED) is 0.607. The molecule has 0 fully saturated rings. The molecule has 0 aliphatic carbocycles. The summed E-state index contributed by atoms with van der Waals surface area (Å²) in [5.41, 5.74) is 1.88. The molecule has 6 heteroatoms. The molecule has 2 aromatic carbocycles. The van der Waals surface area contributed by atoms with Gasteiger partial charge in [-0.2, -0.15) is 0 Å². The SMILES string of the molecule is CC(=O)Nc1ccc(S[C@@H](C)C(=O)Nc2cccc(C(C)=O)c2)cc1. The summed E-state index contributed by atoms with van der Waals surface area (Å²) in [6, 6.07) is 14.2. The Hall–Kier alpha value is -2.60. The van der Waals surface area contributed by atoms with E-state index in [1.807, 2.05) is 19.1 Å². The lowest BCUT2D eigenvalue weighted by Gasteiger charge is -2.13. The Labute approximate surface area is 151 Å². The van der Waals surface area contributed by atoms with Crippen LogP contribution in [0.2, 0.25) is 0 Å². The molecule has 0 heterocycles. The highest BCUT2D eigenvalue weighted by molar-refractivity contribution is 8.00. The molecule has 0 aromatic heterocycles. The minimum absolute atomic E-state index is 0.0437. The Bertz CT molecular complexity index is 788. The minimum atomic E-state index is -0.312. The minimum Gasteiger partial charge on any atom is -0.326 e. The average Bonchev–Trinajstić information content (AvgIpc) is 2.56.